The summed E-state index contributed by atoms with van der Waals surface area (Å²) in [6, 6.07) is 12.6. The van der Waals surface area contributed by atoms with Crippen LogP contribution < -0.4 is 10.5 Å². The number of rotatable bonds is 10. The highest BCUT2D eigenvalue weighted by molar-refractivity contribution is 7.91. The van der Waals surface area contributed by atoms with Crippen LogP contribution in [0.2, 0.25) is 0 Å². The summed E-state index contributed by atoms with van der Waals surface area (Å²) in [5.74, 6) is 0.693. The van der Waals surface area contributed by atoms with Gasteiger partial charge >= 0.3 is 0 Å². The van der Waals surface area contributed by atoms with Gasteiger partial charge in [0.25, 0.3) is 5.91 Å². The molecule has 0 bridgehead atoms. The first kappa shape index (κ1) is 26.0. The van der Waals surface area contributed by atoms with Gasteiger partial charge in [-0.3, -0.25) is 4.79 Å². The minimum absolute atomic E-state index is 0.0000773. The number of benzene rings is 2. The number of nitrogens with two attached hydrogens (primary N) is 1. The van der Waals surface area contributed by atoms with Crippen LogP contribution in [0.5, 0.6) is 5.75 Å². The fourth-order valence-corrected chi connectivity index (χ4v) is 5.26. The Labute approximate surface area is 203 Å². The number of hydrogen-bond acceptors (Lipinski definition) is 5. The van der Waals surface area contributed by atoms with Crippen LogP contribution in [0.25, 0.3) is 5.57 Å². The highest BCUT2D eigenvalue weighted by Gasteiger charge is 2.34. The lowest BCUT2D eigenvalue weighted by atomic mass is 9.84. The summed E-state index contributed by atoms with van der Waals surface area (Å²) in [5.41, 5.74) is 8.47. The van der Waals surface area contributed by atoms with Crippen LogP contribution in [0.1, 0.15) is 68.4 Å². The number of carbonyl (C=O) groups is 1. The van der Waals surface area contributed by atoms with Gasteiger partial charge in [0.15, 0.2) is 9.84 Å². The average Bonchev–Trinajstić information content (AvgIpc) is 2.87. The molecule has 1 amide bonds. The Hall–Kier alpha value is -2.64. The normalized spacial score (nSPS) is 17.5. The predicted octanol–water partition coefficient (Wildman–Crippen LogP) is 4.67. The highest BCUT2D eigenvalue weighted by atomic mass is 32.2. The molecule has 2 aromatic rings. The van der Waals surface area contributed by atoms with Gasteiger partial charge in [0, 0.05) is 24.2 Å². The molecular formula is C27H36N2O4S. The molecule has 1 atom stereocenters. The van der Waals surface area contributed by atoms with E-state index < -0.39 is 15.4 Å². The second-order valence-electron chi connectivity index (χ2n) is 8.59. The predicted molar refractivity (Wildman–Crippen MR) is 137 cm³/mol. The molecule has 0 spiro atoms. The molecule has 0 aromatic heterocycles. The maximum atomic E-state index is 12.8. The number of amides is 1. The monoisotopic (exact) mass is 484 g/mol. The minimum atomic E-state index is -3.37. The van der Waals surface area contributed by atoms with Crippen molar-refractivity contribution in [3.8, 4) is 5.75 Å². The first-order valence-electron chi connectivity index (χ1n) is 12.1. The van der Waals surface area contributed by atoms with E-state index in [1.165, 1.54) is 0 Å². The first-order valence-corrected chi connectivity index (χ1v) is 13.8. The van der Waals surface area contributed by atoms with Gasteiger partial charge in [-0.15, -0.1) is 0 Å². The van der Waals surface area contributed by atoms with Gasteiger partial charge in [0.05, 0.1) is 10.6 Å². The van der Waals surface area contributed by atoms with Crippen molar-refractivity contribution in [1.82, 2.24) is 4.90 Å². The molecule has 184 valence electrons. The van der Waals surface area contributed by atoms with E-state index in [4.69, 9.17) is 10.5 Å². The third kappa shape index (κ3) is 5.20. The first-order chi connectivity index (χ1) is 16.2. The van der Waals surface area contributed by atoms with Crippen LogP contribution in [0.3, 0.4) is 0 Å². The van der Waals surface area contributed by atoms with Crippen molar-refractivity contribution >= 4 is 21.3 Å². The fraction of sp³-hybridized carbons (Fsp3) is 0.444. The zero-order valence-electron chi connectivity index (χ0n) is 20.6. The fourth-order valence-electron chi connectivity index (χ4n) is 4.36. The molecule has 1 aliphatic rings. The lowest BCUT2D eigenvalue weighted by molar-refractivity contribution is 0.0773. The van der Waals surface area contributed by atoms with Crippen molar-refractivity contribution in [2.24, 2.45) is 5.73 Å². The highest BCUT2D eigenvalue weighted by Crippen LogP contribution is 2.43. The number of carbonyl (C=O) groups excluding carboxylic acids is 1. The van der Waals surface area contributed by atoms with Crippen LogP contribution >= 0.6 is 0 Å². The zero-order valence-corrected chi connectivity index (χ0v) is 21.5. The molecule has 1 heterocycles. The lowest BCUT2D eigenvalue weighted by Crippen LogP contribution is -2.36. The number of hydrogen-bond donors (Lipinski definition) is 1. The standard InChI is InChI=1S/C27H36N2O4S/c1-5-27(16-9-17-28)19-24(20-10-12-21(13-11-20)26(30)29(6-2)7-3)23-18-22(34(31,32)8-4)14-15-25(23)33-27/h10-15,18-19H,5-9,16-17,28H2,1-4H3. The van der Waals surface area contributed by atoms with Gasteiger partial charge in [-0.1, -0.05) is 26.0 Å². The van der Waals surface area contributed by atoms with Gasteiger partial charge in [-0.2, -0.15) is 0 Å². The molecule has 3 rings (SSSR count). The molecule has 6 nitrogen and oxygen atoms in total. The van der Waals surface area contributed by atoms with Crippen LogP contribution in [0.15, 0.2) is 53.4 Å². The molecular weight excluding hydrogens is 448 g/mol. The third-order valence-electron chi connectivity index (χ3n) is 6.60. The SMILES string of the molecule is CCN(CC)C(=O)c1ccc(C2=CC(CC)(CCCN)Oc3ccc(S(=O)(=O)CC)cc32)cc1. The number of sulfone groups is 1. The number of nitrogens with zero attached hydrogens (tertiary/aromatic N) is 1. The Morgan fingerprint density at radius 3 is 2.26 bits per heavy atom. The molecule has 0 saturated carbocycles. The van der Waals surface area contributed by atoms with E-state index in [1.54, 1.807) is 30.0 Å². The summed E-state index contributed by atoms with van der Waals surface area (Å²) in [7, 11) is -3.37. The van der Waals surface area contributed by atoms with Crippen molar-refractivity contribution in [2.75, 3.05) is 25.4 Å². The van der Waals surface area contributed by atoms with E-state index in [-0.39, 0.29) is 16.6 Å². The second kappa shape index (κ2) is 10.7. The summed E-state index contributed by atoms with van der Waals surface area (Å²) in [6.07, 6.45) is 4.43. The Balaban J connectivity index is 2.12. The third-order valence-corrected chi connectivity index (χ3v) is 8.33. The average molecular weight is 485 g/mol. The number of fused-ring (bicyclic) bond motifs is 1. The summed E-state index contributed by atoms with van der Waals surface area (Å²) in [6.45, 7) is 9.53. The molecule has 7 heteroatoms. The summed E-state index contributed by atoms with van der Waals surface area (Å²) >= 11 is 0. The lowest BCUT2D eigenvalue weighted by Gasteiger charge is -2.37. The van der Waals surface area contributed by atoms with Crippen LogP contribution in [0, 0.1) is 0 Å². The van der Waals surface area contributed by atoms with E-state index in [9.17, 15) is 13.2 Å². The molecule has 0 saturated heterocycles. The van der Waals surface area contributed by atoms with Gasteiger partial charge in [0.1, 0.15) is 11.4 Å². The van der Waals surface area contributed by atoms with Gasteiger partial charge in [-0.05, 0) is 87.2 Å². The quantitative estimate of drug-likeness (QED) is 0.529. The van der Waals surface area contributed by atoms with Crippen molar-refractivity contribution in [2.45, 2.75) is 57.5 Å². The maximum absolute atomic E-state index is 12.8. The van der Waals surface area contributed by atoms with E-state index >= 15 is 0 Å². The Bertz CT molecular complexity index is 1150. The van der Waals surface area contributed by atoms with E-state index in [1.807, 2.05) is 38.1 Å². The van der Waals surface area contributed by atoms with Crippen molar-refractivity contribution in [3.05, 3.63) is 65.2 Å². The minimum Gasteiger partial charge on any atom is -0.483 e. The zero-order chi connectivity index (χ0) is 24.9. The summed E-state index contributed by atoms with van der Waals surface area (Å²) in [5, 5.41) is 0. The van der Waals surface area contributed by atoms with E-state index in [0.29, 0.717) is 30.9 Å². The summed E-state index contributed by atoms with van der Waals surface area (Å²) in [4.78, 5) is 14.8. The van der Waals surface area contributed by atoms with Crippen LogP contribution in [-0.4, -0.2) is 50.2 Å². The molecule has 34 heavy (non-hydrogen) atoms. The van der Waals surface area contributed by atoms with E-state index in [2.05, 4.69) is 13.0 Å². The van der Waals surface area contributed by atoms with Gasteiger partial charge < -0.3 is 15.4 Å². The Kier molecular flexibility index (Phi) is 8.21. The molecule has 1 aliphatic heterocycles. The van der Waals surface area contributed by atoms with Crippen LogP contribution in [0.4, 0.5) is 0 Å². The smallest absolute Gasteiger partial charge is 0.253 e. The second-order valence-corrected chi connectivity index (χ2v) is 10.9. The Morgan fingerprint density at radius 2 is 1.71 bits per heavy atom. The topological polar surface area (TPSA) is 89.7 Å². The molecule has 0 aliphatic carbocycles. The van der Waals surface area contributed by atoms with Crippen molar-refractivity contribution in [1.29, 1.82) is 0 Å². The number of ether oxygens (including phenoxy) is 1. The van der Waals surface area contributed by atoms with Crippen LogP contribution in [-0.2, 0) is 9.84 Å². The largest absolute Gasteiger partial charge is 0.483 e. The maximum Gasteiger partial charge on any atom is 0.253 e. The molecule has 1 unspecified atom stereocenters. The summed E-state index contributed by atoms with van der Waals surface area (Å²) < 4.78 is 31.6. The molecule has 0 radical (unpaired) electrons. The molecule has 0 fully saturated rings. The molecule has 2 aromatic carbocycles. The molecule has 2 N–H and O–H groups in total. The van der Waals surface area contributed by atoms with Gasteiger partial charge in [0.2, 0.25) is 0 Å². The Morgan fingerprint density at radius 1 is 1.03 bits per heavy atom. The van der Waals surface area contributed by atoms with Gasteiger partial charge in [-0.25, -0.2) is 8.42 Å². The van der Waals surface area contributed by atoms with Crippen molar-refractivity contribution < 1.29 is 17.9 Å². The van der Waals surface area contributed by atoms with E-state index in [0.717, 1.165) is 36.0 Å². The van der Waals surface area contributed by atoms with Crippen molar-refractivity contribution in [3.63, 3.8) is 0 Å².